The monoisotopic (exact) mass is 277 g/mol. The maximum atomic E-state index is 12.3. The zero-order valence-electron chi connectivity index (χ0n) is 11.5. The Morgan fingerprint density at radius 3 is 3.05 bits per heavy atom. The normalized spacial score (nSPS) is 18.6. The first-order chi connectivity index (χ1) is 9.61. The maximum Gasteiger partial charge on any atom is 0.228 e. The summed E-state index contributed by atoms with van der Waals surface area (Å²) in [5.74, 6) is -0.0199. The fraction of sp³-hybridized carbons (Fsp3) is 0.500. The minimum Gasteiger partial charge on any atom is -0.495 e. The molecule has 108 valence electrons. The van der Waals surface area contributed by atoms with Crippen LogP contribution in [0.25, 0.3) is 0 Å². The van der Waals surface area contributed by atoms with Gasteiger partial charge in [0.25, 0.3) is 0 Å². The van der Waals surface area contributed by atoms with Crippen molar-refractivity contribution in [2.45, 2.75) is 19.3 Å². The first kappa shape index (κ1) is 14.3. The van der Waals surface area contributed by atoms with E-state index in [0.717, 1.165) is 12.8 Å². The predicted octanol–water partition coefficient (Wildman–Crippen LogP) is 0.357. The third kappa shape index (κ3) is 3.26. The SMILES string of the molecule is COc1cccnc1CC(=O)N1CCC[C@H](C(N)=O)C1. The van der Waals surface area contributed by atoms with Gasteiger partial charge in [0.15, 0.2) is 0 Å². The Balaban J connectivity index is 2.02. The number of primary amides is 1. The van der Waals surface area contributed by atoms with Crippen LogP contribution in [0.4, 0.5) is 0 Å². The Kier molecular flexibility index (Phi) is 4.55. The lowest BCUT2D eigenvalue weighted by molar-refractivity contribution is -0.134. The van der Waals surface area contributed by atoms with Crippen LogP contribution in [0.15, 0.2) is 18.3 Å². The number of piperidine rings is 1. The van der Waals surface area contributed by atoms with Gasteiger partial charge in [0.1, 0.15) is 5.75 Å². The molecule has 2 N–H and O–H groups in total. The average Bonchev–Trinajstić information content (AvgIpc) is 2.48. The molecule has 1 fully saturated rings. The van der Waals surface area contributed by atoms with Crippen molar-refractivity contribution in [3.63, 3.8) is 0 Å². The molecule has 0 radical (unpaired) electrons. The fourth-order valence-corrected chi connectivity index (χ4v) is 2.43. The number of aromatic nitrogens is 1. The number of amides is 2. The molecule has 0 saturated carbocycles. The molecule has 1 aromatic heterocycles. The number of carbonyl (C=O) groups excluding carboxylic acids is 2. The largest absolute Gasteiger partial charge is 0.495 e. The summed E-state index contributed by atoms with van der Waals surface area (Å²) in [5, 5.41) is 0. The van der Waals surface area contributed by atoms with Gasteiger partial charge in [-0.2, -0.15) is 0 Å². The molecule has 0 spiro atoms. The zero-order chi connectivity index (χ0) is 14.5. The van der Waals surface area contributed by atoms with Crippen molar-refractivity contribution in [3.8, 4) is 5.75 Å². The van der Waals surface area contributed by atoms with Gasteiger partial charge in [-0.05, 0) is 25.0 Å². The van der Waals surface area contributed by atoms with E-state index in [1.54, 1.807) is 30.3 Å². The highest BCUT2D eigenvalue weighted by Gasteiger charge is 2.27. The van der Waals surface area contributed by atoms with Crippen LogP contribution in [0.5, 0.6) is 5.75 Å². The smallest absolute Gasteiger partial charge is 0.228 e. The van der Waals surface area contributed by atoms with Crippen molar-refractivity contribution < 1.29 is 14.3 Å². The van der Waals surface area contributed by atoms with E-state index in [-0.39, 0.29) is 24.2 Å². The summed E-state index contributed by atoms with van der Waals surface area (Å²) in [4.78, 5) is 29.4. The summed E-state index contributed by atoms with van der Waals surface area (Å²) in [6.45, 7) is 1.07. The number of hydrogen-bond donors (Lipinski definition) is 1. The van der Waals surface area contributed by atoms with E-state index in [2.05, 4.69) is 4.98 Å². The molecule has 2 rings (SSSR count). The number of rotatable bonds is 4. The number of carbonyl (C=O) groups is 2. The molecule has 0 aromatic carbocycles. The summed E-state index contributed by atoms with van der Waals surface area (Å²) in [6.07, 6.45) is 3.37. The van der Waals surface area contributed by atoms with Crippen molar-refractivity contribution in [1.82, 2.24) is 9.88 Å². The van der Waals surface area contributed by atoms with Crippen LogP contribution in [-0.2, 0) is 16.0 Å². The van der Waals surface area contributed by atoms with Crippen LogP contribution >= 0.6 is 0 Å². The molecule has 6 nitrogen and oxygen atoms in total. The first-order valence-corrected chi connectivity index (χ1v) is 6.66. The van der Waals surface area contributed by atoms with Gasteiger partial charge in [0.05, 0.1) is 25.1 Å². The van der Waals surface area contributed by atoms with Crippen LogP contribution in [0.3, 0.4) is 0 Å². The molecule has 1 aromatic rings. The second kappa shape index (κ2) is 6.36. The lowest BCUT2D eigenvalue weighted by Crippen LogP contribution is -2.44. The number of pyridine rings is 1. The van der Waals surface area contributed by atoms with Crippen LogP contribution in [0.2, 0.25) is 0 Å². The van der Waals surface area contributed by atoms with E-state index in [9.17, 15) is 9.59 Å². The predicted molar refractivity (Wildman–Crippen MR) is 73.0 cm³/mol. The maximum absolute atomic E-state index is 12.3. The minimum atomic E-state index is -0.335. The Morgan fingerprint density at radius 1 is 1.55 bits per heavy atom. The summed E-state index contributed by atoms with van der Waals surface area (Å²) < 4.78 is 5.19. The highest BCUT2D eigenvalue weighted by atomic mass is 16.5. The number of hydrogen-bond acceptors (Lipinski definition) is 4. The van der Waals surface area contributed by atoms with Crippen molar-refractivity contribution in [2.24, 2.45) is 11.7 Å². The number of nitrogens with zero attached hydrogens (tertiary/aromatic N) is 2. The Hall–Kier alpha value is -2.11. The molecule has 1 saturated heterocycles. The van der Waals surface area contributed by atoms with E-state index >= 15 is 0 Å². The Labute approximate surface area is 117 Å². The summed E-state index contributed by atoms with van der Waals surface area (Å²) in [5.41, 5.74) is 5.93. The number of methoxy groups -OCH3 is 1. The number of likely N-dealkylation sites (tertiary alicyclic amines) is 1. The average molecular weight is 277 g/mol. The van der Waals surface area contributed by atoms with Crippen molar-refractivity contribution in [1.29, 1.82) is 0 Å². The van der Waals surface area contributed by atoms with Crippen molar-refractivity contribution >= 4 is 11.8 Å². The molecule has 20 heavy (non-hydrogen) atoms. The zero-order valence-corrected chi connectivity index (χ0v) is 11.5. The van der Waals surface area contributed by atoms with Crippen molar-refractivity contribution in [2.75, 3.05) is 20.2 Å². The quantitative estimate of drug-likeness (QED) is 0.861. The Bertz CT molecular complexity index is 504. The first-order valence-electron chi connectivity index (χ1n) is 6.66. The summed E-state index contributed by atoms with van der Waals surface area (Å²) in [7, 11) is 1.55. The minimum absolute atomic E-state index is 0.0482. The second-order valence-corrected chi connectivity index (χ2v) is 4.91. The molecule has 0 bridgehead atoms. The van der Waals surface area contributed by atoms with Crippen molar-refractivity contribution in [3.05, 3.63) is 24.0 Å². The third-order valence-electron chi connectivity index (χ3n) is 3.56. The standard InChI is InChI=1S/C14H19N3O3/c1-20-12-5-2-6-16-11(12)8-13(18)17-7-3-4-10(9-17)14(15)19/h2,5-6,10H,3-4,7-9H2,1H3,(H2,15,19)/t10-/m0/s1. The van der Waals surface area contributed by atoms with E-state index in [0.29, 0.717) is 24.5 Å². The van der Waals surface area contributed by atoms with Crippen LogP contribution < -0.4 is 10.5 Å². The van der Waals surface area contributed by atoms with Gasteiger partial charge >= 0.3 is 0 Å². The number of ether oxygens (including phenoxy) is 1. The van der Waals surface area contributed by atoms with Crippen LogP contribution in [-0.4, -0.2) is 41.9 Å². The molecule has 6 heteroatoms. The van der Waals surface area contributed by atoms with Gasteiger partial charge in [0, 0.05) is 19.3 Å². The molecule has 0 aliphatic carbocycles. The van der Waals surface area contributed by atoms with Gasteiger partial charge in [-0.1, -0.05) is 0 Å². The van der Waals surface area contributed by atoms with E-state index in [4.69, 9.17) is 10.5 Å². The van der Waals surface area contributed by atoms with Gasteiger partial charge in [0.2, 0.25) is 11.8 Å². The van der Waals surface area contributed by atoms with Gasteiger partial charge in [-0.3, -0.25) is 14.6 Å². The second-order valence-electron chi connectivity index (χ2n) is 4.91. The third-order valence-corrected chi connectivity index (χ3v) is 3.56. The van der Waals surface area contributed by atoms with Crippen LogP contribution in [0.1, 0.15) is 18.5 Å². The van der Waals surface area contributed by atoms with Gasteiger partial charge < -0.3 is 15.4 Å². The lowest BCUT2D eigenvalue weighted by Gasteiger charge is -2.31. The van der Waals surface area contributed by atoms with Crippen LogP contribution in [0, 0.1) is 5.92 Å². The number of nitrogens with two attached hydrogens (primary N) is 1. The molecular weight excluding hydrogens is 258 g/mol. The van der Waals surface area contributed by atoms with E-state index < -0.39 is 0 Å². The molecule has 2 amide bonds. The lowest BCUT2D eigenvalue weighted by atomic mass is 9.97. The summed E-state index contributed by atoms with van der Waals surface area (Å²) >= 11 is 0. The Morgan fingerprint density at radius 2 is 2.35 bits per heavy atom. The topological polar surface area (TPSA) is 85.5 Å². The van der Waals surface area contributed by atoms with Gasteiger partial charge in [-0.15, -0.1) is 0 Å². The molecule has 1 atom stereocenters. The molecular formula is C14H19N3O3. The summed E-state index contributed by atoms with van der Waals surface area (Å²) in [6, 6.07) is 3.54. The van der Waals surface area contributed by atoms with E-state index in [1.807, 2.05) is 0 Å². The van der Waals surface area contributed by atoms with Gasteiger partial charge in [-0.25, -0.2) is 0 Å². The van der Waals surface area contributed by atoms with E-state index in [1.165, 1.54) is 0 Å². The highest BCUT2D eigenvalue weighted by Crippen LogP contribution is 2.19. The molecule has 1 aliphatic heterocycles. The fourth-order valence-electron chi connectivity index (χ4n) is 2.43. The molecule has 2 heterocycles. The molecule has 1 aliphatic rings. The molecule has 0 unspecified atom stereocenters. The highest BCUT2D eigenvalue weighted by molar-refractivity contribution is 5.81.